The topological polar surface area (TPSA) is 62.3 Å². The molecule has 0 spiro atoms. The monoisotopic (exact) mass is 315 g/mol. The van der Waals surface area contributed by atoms with Gasteiger partial charge in [0.05, 0.1) is 12.2 Å². The Bertz CT molecular complexity index is 718. The lowest BCUT2D eigenvalue weighted by atomic mass is 9.97. The SMILES string of the molecule is CC1(c2ccccn2)NC(=O)N(Cc2ccc(Cl)cc2)C1=O. The van der Waals surface area contributed by atoms with Gasteiger partial charge in [0.25, 0.3) is 5.91 Å². The molecule has 1 aromatic carbocycles. The summed E-state index contributed by atoms with van der Waals surface area (Å²) < 4.78 is 0. The van der Waals surface area contributed by atoms with Gasteiger partial charge in [-0.05, 0) is 36.8 Å². The molecule has 0 bridgehead atoms. The number of carbonyl (C=O) groups is 2. The zero-order valence-corrected chi connectivity index (χ0v) is 12.7. The zero-order chi connectivity index (χ0) is 15.7. The van der Waals surface area contributed by atoms with Crippen molar-refractivity contribution in [3.05, 3.63) is 64.9 Å². The molecule has 2 heterocycles. The van der Waals surface area contributed by atoms with Crippen LogP contribution in [0.1, 0.15) is 18.2 Å². The van der Waals surface area contributed by atoms with Crippen LogP contribution in [0.15, 0.2) is 48.7 Å². The summed E-state index contributed by atoms with van der Waals surface area (Å²) in [7, 11) is 0. The number of pyridine rings is 1. The van der Waals surface area contributed by atoms with E-state index in [2.05, 4.69) is 10.3 Å². The standard InChI is InChI=1S/C16H14ClN3O2/c1-16(13-4-2-3-9-18-13)14(21)20(15(22)19-16)10-11-5-7-12(17)8-6-11/h2-9H,10H2,1H3,(H,19,22). The molecule has 2 aromatic rings. The number of carbonyl (C=O) groups excluding carboxylic acids is 2. The summed E-state index contributed by atoms with van der Waals surface area (Å²) in [5.41, 5.74) is 0.218. The predicted molar refractivity (Wildman–Crippen MR) is 82.1 cm³/mol. The maximum atomic E-state index is 12.7. The molecule has 1 unspecified atom stereocenters. The molecule has 3 rings (SSSR count). The number of benzene rings is 1. The van der Waals surface area contributed by atoms with E-state index in [1.54, 1.807) is 55.6 Å². The molecule has 3 amide bonds. The van der Waals surface area contributed by atoms with Crippen molar-refractivity contribution in [3.8, 4) is 0 Å². The highest BCUT2D eigenvalue weighted by Crippen LogP contribution is 2.28. The minimum Gasteiger partial charge on any atom is -0.318 e. The summed E-state index contributed by atoms with van der Waals surface area (Å²) >= 11 is 5.84. The smallest absolute Gasteiger partial charge is 0.318 e. The molecule has 1 aliphatic heterocycles. The molecule has 1 aliphatic rings. The van der Waals surface area contributed by atoms with Crippen LogP contribution < -0.4 is 5.32 Å². The van der Waals surface area contributed by atoms with Gasteiger partial charge >= 0.3 is 6.03 Å². The van der Waals surface area contributed by atoms with Crippen LogP contribution in [-0.2, 0) is 16.9 Å². The Balaban J connectivity index is 1.87. The lowest BCUT2D eigenvalue weighted by Crippen LogP contribution is -2.41. The van der Waals surface area contributed by atoms with Crippen LogP contribution in [0.4, 0.5) is 4.79 Å². The molecular weight excluding hydrogens is 302 g/mol. The minimum absolute atomic E-state index is 0.199. The van der Waals surface area contributed by atoms with Crippen molar-refractivity contribution in [2.24, 2.45) is 0 Å². The zero-order valence-electron chi connectivity index (χ0n) is 11.9. The summed E-state index contributed by atoms with van der Waals surface area (Å²) in [5, 5.41) is 3.34. The van der Waals surface area contributed by atoms with Gasteiger partial charge in [-0.1, -0.05) is 29.8 Å². The van der Waals surface area contributed by atoms with Gasteiger partial charge in [0.1, 0.15) is 0 Å². The molecule has 112 valence electrons. The van der Waals surface area contributed by atoms with Crippen LogP contribution in [0.2, 0.25) is 5.02 Å². The lowest BCUT2D eigenvalue weighted by molar-refractivity contribution is -0.131. The molecule has 1 aromatic heterocycles. The van der Waals surface area contributed by atoms with Crippen LogP contribution in [-0.4, -0.2) is 21.8 Å². The molecule has 1 N–H and O–H groups in total. The predicted octanol–water partition coefficient (Wildman–Crippen LogP) is 2.70. The normalized spacial score (nSPS) is 21.1. The van der Waals surface area contributed by atoms with Crippen molar-refractivity contribution in [1.29, 1.82) is 0 Å². The Morgan fingerprint density at radius 1 is 1.18 bits per heavy atom. The van der Waals surface area contributed by atoms with Crippen molar-refractivity contribution in [2.45, 2.75) is 19.0 Å². The summed E-state index contributed by atoms with van der Waals surface area (Å²) in [5.74, 6) is -0.314. The molecule has 22 heavy (non-hydrogen) atoms. The average molecular weight is 316 g/mol. The number of aromatic nitrogens is 1. The Kier molecular flexibility index (Phi) is 3.58. The van der Waals surface area contributed by atoms with Gasteiger partial charge in [-0.25, -0.2) is 4.79 Å². The third-order valence-electron chi connectivity index (χ3n) is 3.71. The number of hydrogen-bond donors (Lipinski definition) is 1. The van der Waals surface area contributed by atoms with Gasteiger partial charge in [-0.3, -0.25) is 14.7 Å². The van der Waals surface area contributed by atoms with Gasteiger partial charge in [-0.2, -0.15) is 0 Å². The van der Waals surface area contributed by atoms with Crippen molar-refractivity contribution >= 4 is 23.5 Å². The van der Waals surface area contributed by atoms with E-state index in [0.717, 1.165) is 5.56 Å². The fraction of sp³-hybridized carbons (Fsp3) is 0.188. The van der Waals surface area contributed by atoms with Crippen LogP contribution in [0.5, 0.6) is 0 Å². The fourth-order valence-corrected chi connectivity index (χ4v) is 2.57. The Morgan fingerprint density at radius 3 is 2.55 bits per heavy atom. The van der Waals surface area contributed by atoms with Crippen molar-refractivity contribution in [2.75, 3.05) is 0 Å². The first-order valence-corrected chi connectivity index (χ1v) is 7.18. The van der Waals surface area contributed by atoms with E-state index in [1.165, 1.54) is 4.90 Å². The molecule has 1 atom stereocenters. The first-order valence-electron chi connectivity index (χ1n) is 6.81. The van der Waals surface area contributed by atoms with E-state index in [4.69, 9.17) is 11.6 Å². The van der Waals surface area contributed by atoms with E-state index in [1.807, 2.05) is 0 Å². The average Bonchev–Trinajstić information content (AvgIpc) is 2.75. The first kappa shape index (κ1) is 14.5. The highest BCUT2D eigenvalue weighted by atomic mass is 35.5. The summed E-state index contributed by atoms with van der Waals surface area (Å²) in [6.07, 6.45) is 1.60. The number of hydrogen-bond acceptors (Lipinski definition) is 3. The molecule has 1 fully saturated rings. The van der Waals surface area contributed by atoms with Gasteiger partial charge < -0.3 is 5.32 Å². The maximum Gasteiger partial charge on any atom is 0.325 e. The largest absolute Gasteiger partial charge is 0.325 e. The van der Waals surface area contributed by atoms with Crippen molar-refractivity contribution in [1.82, 2.24) is 15.2 Å². The second kappa shape index (κ2) is 5.42. The van der Waals surface area contributed by atoms with Crippen LogP contribution >= 0.6 is 11.6 Å². The van der Waals surface area contributed by atoms with Crippen LogP contribution in [0.25, 0.3) is 0 Å². The number of nitrogens with one attached hydrogen (secondary N) is 1. The summed E-state index contributed by atoms with van der Waals surface area (Å²) in [6, 6.07) is 11.9. The van der Waals surface area contributed by atoms with Gasteiger partial charge in [0.15, 0.2) is 5.54 Å². The fourth-order valence-electron chi connectivity index (χ4n) is 2.45. The number of imide groups is 1. The minimum atomic E-state index is -1.13. The second-order valence-corrected chi connectivity index (χ2v) is 5.72. The number of nitrogens with zero attached hydrogens (tertiary/aromatic N) is 2. The number of amides is 3. The first-order chi connectivity index (χ1) is 10.5. The van der Waals surface area contributed by atoms with E-state index in [9.17, 15) is 9.59 Å². The van der Waals surface area contributed by atoms with Gasteiger partial charge in [0, 0.05) is 11.2 Å². The van der Waals surface area contributed by atoms with E-state index >= 15 is 0 Å². The van der Waals surface area contributed by atoms with Gasteiger partial charge in [-0.15, -0.1) is 0 Å². The van der Waals surface area contributed by atoms with Crippen LogP contribution in [0, 0.1) is 0 Å². The third kappa shape index (κ3) is 2.44. The summed E-state index contributed by atoms with van der Waals surface area (Å²) in [4.78, 5) is 30.3. The highest BCUT2D eigenvalue weighted by molar-refractivity contribution is 6.30. The maximum absolute atomic E-state index is 12.7. The van der Waals surface area contributed by atoms with E-state index < -0.39 is 11.6 Å². The van der Waals surface area contributed by atoms with E-state index in [0.29, 0.717) is 10.7 Å². The number of urea groups is 1. The third-order valence-corrected chi connectivity index (χ3v) is 3.96. The van der Waals surface area contributed by atoms with Gasteiger partial charge in [0.2, 0.25) is 0 Å². The second-order valence-electron chi connectivity index (χ2n) is 5.29. The van der Waals surface area contributed by atoms with Crippen molar-refractivity contribution in [3.63, 3.8) is 0 Å². The van der Waals surface area contributed by atoms with E-state index in [-0.39, 0.29) is 12.5 Å². The number of halogens is 1. The molecule has 6 heteroatoms. The van der Waals surface area contributed by atoms with Crippen molar-refractivity contribution < 1.29 is 9.59 Å². The molecule has 0 radical (unpaired) electrons. The highest BCUT2D eigenvalue weighted by Gasteiger charge is 2.49. The lowest BCUT2D eigenvalue weighted by Gasteiger charge is -2.20. The molecule has 0 saturated carbocycles. The molecular formula is C16H14ClN3O2. The Morgan fingerprint density at radius 2 is 1.91 bits per heavy atom. The molecule has 1 saturated heterocycles. The summed E-state index contributed by atoms with van der Waals surface area (Å²) in [6.45, 7) is 1.86. The Hall–Kier alpha value is -2.40. The Labute approximate surface area is 132 Å². The molecule has 5 nitrogen and oxygen atoms in total. The van der Waals surface area contributed by atoms with Crippen LogP contribution in [0.3, 0.4) is 0 Å². The molecule has 0 aliphatic carbocycles. The number of rotatable bonds is 3. The quantitative estimate of drug-likeness (QED) is 0.886.